The molecule has 2 aromatic rings. The number of H-pyrrole nitrogens is 1. The fraction of sp³-hybridized carbons (Fsp3) is 0.444. The standard InChI is InChI=1S/C18H24N2O2/c1-2-3-4-5-6-7-12-22-16-10-8-15(9-11-16)17-13-20-18(21)14-19-17/h8-11,13-14H,2-7,12H2,1H3,(H,20,21). The van der Waals surface area contributed by atoms with E-state index in [9.17, 15) is 4.79 Å². The van der Waals surface area contributed by atoms with Crippen molar-refractivity contribution >= 4 is 0 Å². The SMILES string of the molecule is CCCCCCCCOc1ccc(-c2c[nH]c(=O)cn2)cc1. The Kier molecular flexibility index (Phi) is 6.68. The highest BCUT2D eigenvalue weighted by Crippen LogP contribution is 2.19. The molecule has 0 unspecified atom stereocenters. The number of nitrogens with zero attached hydrogens (tertiary/aromatic N) is 1. The molecule has 0 aliphatic rings. The summed E-state index contributed by atoms with van der Waals surface area (Å²) in [6.45, 7) is 3.00. The number of rotatable bonds is 9. The summed E-state index contributed by atoms with van der Waals surface area (Å²) in [5.74, 6) is 0.877. The zero-order valence-electron chi connectivity index (χ0n) is 13.2. The first-order valence-corrected chi connectivity index (χ1v) is 8.07. The third kappa shape index (κ3) is 5.35. The second-order valence-electron chi connectivity index (χ2n) is 5.44. The van der Waals surface area contributed by atoms with Gasteiger partial charge < -0.3 is 9.72 Å². The van der Waals surface area contributed by atoms with Gasteiger partial charge in [0.2, 0.25) is 0 Å². The van der Waals surface area contributed by atoms with Crippen molar-refractivity contribution in [2.75, 3.05) is 6.61 Å². The van der Waals surface area contributed by atoms with E-state index in [2.05, 4.69) is 16.9 Å². The fourth-order valence-corrected chi connectivity index (χ4v) is 2.29. The van der Waals surface area contributed by atoms with Crippen molar-refractivity contribution < 1.29 is 4.74 Å². The van der Waals surface area contributed by atoms with Gasteiger partial charge >= 0.3 is 0 Å². The van der Waals surface area contributed by atoms with E-state index in [4.69, 9.17) is 4.74 Å². The molecule has 118 valence electrons. The smallest absolute Gasteiger partial charge is 0.266 e. The van der Waals surface area contributed by atoms with Crippen molar-refractivity contribution in [2.24, 2.45) is 0 Å². The van der Waals surface area contributed by atoms with Crippen molar-refractivity contribution in [1.29, 1.82) is 0 Å². The summed E-state index contributed by atoms with van der Waals surface area (Å²) in [7, 11) is 0. The topological polar surface area (TPSA) is 55.0 Å². The van der Waals surface area contributed by atoms with E-state index in [-0.39, 0.29) is 5.56 Å². The molecule has 4 nitrogen and oxygen atoms in total. The van der Waals surface area contributed by atoms with Gasteiger partial charge in [-0.25, -0.2) is 4.98 Å². The number of unbranched alkanes of at least 4 members (excludes halogenated alkanes) is 5. The van der Waals surface area contributed by atoms with E-state index in [1.807, 2.05) is 24.3 Å². The Balaban J connectivity index is 1.75. The van der Waals surface area contributed by atoms with Crippen LogP contribution in [0.1, 0.15) is 45.4 Å². The van der Waals surface area contributed by atoms with Crippen molar-refractivity contribution in [3.05, 3.63) is 47.0 Å². The summed E-state index contributed by atoms with van der Waals surface area (Å²) in [4.78, 5) is 17.7. The molecule has 0 spiro atoms. The zero-order chi connectivity index (χ0) is 15.6. The highest BCUT2D eigenvalue weighted by molar-refractivity contribution is 5.58. The van der Waals surface area contributed by atoms with E-state index in [0.29, 0.717) is 0 Å². The Morgan fingerprint density at radius 1 is 1.05 bits per heavy atom. The molecule has 0 atom stereocenters. The Labute approximate surface area is 131 Å². The first-order chi connectivity index (χ1) is 10.8. The predicted molar refractivity (Wildman–Crippen MR) is 89.2 cm³/mol. The molecule has 0 saturated carbocycles. The van der Waals surface area contributed by atoms with Gasteiger partial charge in [-0.3, -0.25) is 4.79 Å². The number of aromatic amines is 1. The number of nitrogens with one attached hydrogen (secondary N) is 1. The molecule has 1 heterocycles. The van der Waals surface area contributed by atoms with Crippen LogP contribution in [0.3, 0.4) is 0 Å². The Bertz CT molecular complexity index is 585. The third-order valence-electron chi connectivity index (χ3n) is 3.59. The molecule has 2 rings (SSSR count). The van der Waals surface area contributed by atoms with Crippen LogP contribution in [0.5, 0.6) is 5.75 Å². The minimum atomic E-state index is -0.192. The molecule has 0 amide bonds. The maximum absolute atomic E-state index is 11.0. The van der Waals surface area contributed by atoms with Crippen LogP contribution in [-0.2, 0) is 0 Å². The fourth-order valence-electron chi connectivity index (χ4n) is 2.29. The summed E-state index contributed by atoms with van der Waals surface area (Å²) < 4.78 is 5.74. The largest absolute Gasteiger partial charge is 0.494 e. The van der Waals surface area contributed by atoms with Crippen molar-refractivity contribution in [2.45, 2.75) is 45.4 Å². The normalized spacial score (nSPS) is 10.6. The minimum Gasteiger partial charge on any atom is -0.494 e. The van der Waals surface area contributed by atoms with E-state index >= 15 is 0 Å². The van der Waals surface area contributed by atoms with E-state index in [1.165, 1.54) is 38.3 Å². The van der Waals surface area contributed by atoms with Crippen molar-refractivity contribution in [3.8, 4) is 17.0 Å². The summed E-state index contributed by atoms with van der Waals surface area (Å²) in [6, 6.07) is 7.80. The van der Waals surface area contributed by atoms with E-state index in [0.717, 1.165) is 30.0 Å². The summed E-state index contributed by atoms with van der Waals surface area (Å²) >= 11 is 0. The van der Waals surface area contributed by atoms with Crippen LogP contribution in [-0.4, -0.2) is 16.6 Å². The van der Waals surface area contributed by atoms with Gasteiger partial charge in [-0.05, 0) is 30.7 Å². The Morgan fingerprint density at radius 2 is 1.77 bits per heavy atom. The molecule has 22 heavy (non-hydrogen) atoms. The maximum Gasteiger partial charge on any atom is 0.266 e. The number of hydrogen-bond donors (Lipinski definition) is 1. The maximum atomic E-state index is 11.0. The Morgan fingerprint density at radius 3 is 2.45 bits per heavy atom. The second-order valence-corrected chi connectivity index (χ2v) is 5.44. The van der Waals surface area contributed by atoms with Crippen LogP contribution in [0.25, 0.3) is 11.3 Å². The second kappa shape index (κ2) is 9.03. The Hall–Kier alpha value is -2.10. The molecule has 0 bridgehead atoms. The molecule has 0 aliphatic carbocycles. The highest BCUT2D eigenvalue weighted by atomic mass is 16.5. The number of benzene rings is 1. The van der Waals surface area contributed by atoms with Gasteiger partial charge in [0.05, 0.1) is 18.5 Å². The molecule has 1 aromatic heterocycles. The lowest BCUT2D eigenvalue weighted by Crippen LogP contribution is -2.04. The molecule has 1 aromatic carbocycles. The molecule has 1 N–H and O–H groups in total. The zero-order valence-corrected chi connectivity index (χ0v) is 13.2. The highest BCUT2D eigenvalue weighted by Gasteiger charge is 2.00. The third-order valence-corrected chi connectivity index (χ3v) is 3.59. The van der Waals surface area contributed by atoms with Crippen LogP contribution in [0.15, 0.2) is 41.5 Å². The molecule has 4 heteroatoms. The van der Waals surface area contributed by atoms with E-state index in [1.54, 1.807) is 6.20 Å². The van der Waals surface area contributed by atoms with Crippen LogP contribution in [0, 0.1) is 0 Å². The van der Waals surface area contributed by atoms with Gasteiger partial charge in [-0.2, -0.15) is 0 Å². The monoisotopic (exact) mass is 300 g/mol. The van der Waals surface area contributed by atoms with Crippen LogP contribution in [0.4, 0.5) is 0 Å². The lowest BCUT2D eigenvalue weighted by atomic mass is 10.1. The van der Waals surface area contributed by atoms with Crippen LogP contribution in [0.2, 0.25) is 0 Å². The van der Waals surface area contributed by atoms with Crippen LogP contribution < -0.4 is 10.3 Å². The lowest BCUT2D eigenvalue weighted by Gasteiger charge is -2.07. The lowest BCUT2D eigenvalue weighted by molar-refractivity contribution is 0.304. The molecular formula is C18H24N2O2. The average Bonchev–Trinajstić information content (AvgIpc) is 2.55. The summed E-state index contributed by atoms with van der Waals surface area (Å²) in [5.41, 5.74) is 1.52. The number of hydrogen-bond acceptors (Lipinski definition) is 3. The molecule has 0 fully saturated rings. The average molecular weight is 300 g/mol. The van der Waals surface area contributed by atoms with Gasteiger partial charge in [0, 0.05) is 11.8 Å². The molecule has 0 radical (unpaired) electrons. The van der Waals surface area contributed by atoms with Gasteiger partial charge in [0.1, 0.15) is 5.75 Å². The summed E-state index contributed by atoms with van der Waals surface area (Å²) in [5, 5.41) is 0. The molecule has 0 aliphatic heterocycles. The van der Waals surface area contributed by atoms with Gasteiger partial charge in [-0.1, -0.05) is 39.0 Å². The van der Waals surface area contributed by atoms with Gasteiger partial charge in [0.25, 0.3) is 5.56 Å². The quantitative estimate of drug-likeness (QED) is 0.707. The minimum absolute atomic E-state index is 0.192. The van der Waals surface area contributed by atoms with E-state index < -0.39 is 0 Å². The number of ether oxygens (including phenoxy) is 1. The van der Waals surface area contributed by atoms with Crippen molar-refractivity contribution in [3.63, 3.8) is 0 Å². The molecule has 0 saturated heterocycles. The van der Waals surface area contributed by atoms with Crippen molar-refractivity contribution in [1.82, 2.24) is 9.97 Å². The van der Waals surface area contributed by atoms with Gasteiger partial charge in [0.15, 0.2) is 0 Å². The van der Waals surface area contributed by atoms with Crippen LogP contribution >= 0.6 is 0 Å². The number of aromatic nitrogens is 2. The van der Waals surface area contributed by atoms with Gasteiger partial charge in [-0.15, -0.1) is 0 Å². The predicted octanol–water partition coefficient (Wildman–Crippen LogP) is 4.18. The first kappa shape index (κ1) is 16.3. The summed E-state index contributed by atoms with van der Waals surface area (Å²) in [6.07, 6.45) is 10.5. The first-order valence-electron chi connectivity index (χ1n) is 8.07. The molecular weight excluding hydrogens is 276 g/mol.